The summed E-state index contributed by atoms with van der Waals surface area (Å²) < 4.78 is 28.0. The molecule has 1 heterocycles. The van der Waals surface area contributed by atoms with E-state index in [2.05, 4.69) is 10.4 Å². The number of nitrogens with zero attached hydrogens (tertiary/aromatic N) is 2. The van der Waals surface area contributed by atoms with Crippen molar-refractivity contribution < 1.29 is 13.6 Å². The van der Waals surface area contributed by atoms with E-state index in [1.807, 2.05) is 0 Å². The van der Waals surface area contributed by atoms with E-state index in [4.69, 9.17) is 0 Å². The molecular weight excluding hydrogens is 312 g/mol. The molecule has 0 radical (unpaired) electrons. The minimum atomic E-state index is -1.03. The molecule has 126 valence electrons. The molecule has 0 unspecified atom stereocenters. The molecule has 2 aliphatic carbocycles. The summed E-state index contributed by atoms with van der Waals surface area (Å²) in [6, 6.07) is 6.21. The summed E-state index contributed by atoms with van der Waals surface area (Å²) in [7, 11) is 1.77. The van der Waals surface area contributed by atoms with Gasteiger partial charge < -0.3 is 5.32 Å². The summed E-state index contributed by atoms with van der Waals surface area (Å²) in [4.78, 5) is 12.2. The van der Waals surface area contributed by atoms with Gasteiger partial charge in [-0.25, -0.2) is 8.78 Å². The van der Waals surface area contributed by atoms with Crippen molar-refractivity contribution in [1.82, 2.24) is 9.78 Å². The van der Waals surface area contributed by atoms with E-state index in [0.29, 0.717) is 18.2 Å². The summed E-state index contributed by atoms with van der Waals surface area (Å²) in [6.07, 6.45) is 2.50. The predicted octanol–water partition coefficient (Wildman–Crippen LogP) is 3.79. The number of carbonyl (C=O) groups excluding carboxylic acids is 1. The highest BCUT2D eigenvalue weighted by Gasteiger charge is 2.44. The van der Waals surface area contributed by atoms with Crippen LogP contribution in [0.5, 0.6) is 0 Å². The fraction of sp³-hybridized carbons (Fsp3) is 0.444. The minimum Gasteiger partial charge on any atom is -0.310 e. The molecule has 6 heteroatoms. The number of rotatable bonds is 4. The lowest BCUT2D eigenvalue weighted by Gasteiger charge is -2.27. The van der Waals surface area contributed by atoms with Crippen LogP contribution in [0.2, 0.25) is 0 Å². The second-order valence-electron chi connectivity index (χ2n) is 6.72. The Morgan fingerprint density at radius 3 is 2.50 bits per heavy atom. The predicted molar refractivity (Wildman–Crippen MR) is 86.8 cm³/mol. The van der Waals surface area contributed by atoms with Crippen LogP contribution in [-0.2, 0) is 11.8 Å². The van der Waals surface area contributed by atoms with Gasteiger partial charge in [0.15, 0.2) is 0 Å². The van der Waals surface area contributed by atoms with Crippen molar-refractivity contribution in [3.05, 3.63) is 35.6 Å². The lowest BCUT2D eigenvalue weighted by molar-refractivity contribution is -0.117. The van der Waals surface area contributed by atoms with Gasteiger partial charge in [0.2, 0.25) is 5.91 Å². The van der Waals surface area contributed by atoms with Gasteiger partial charge >= 0.3 is 0 Å². The van der Waals surface area contributed by atoms with Crippen LogP contribution in [0.1, 0.15) is 37.2 Å². The average Bonchev–Trinajstić information content (AvgIpc) is 3.16. The third-order valence-corrected chi connectivity index (χ3v) is 5.01. The summed E-state index contributed by atoms with van der Waals surface area (Å²) >= 11 is 0. The SMILES string of the molecule is Cn1nc(-c2ccc(F)cc2)c(C2CCC2)c1NC(=O)[C@@H]1C[C@H]1F. The van der Waals surface area contributed by atoms with Crippen molar-refractivity contribution in [2.45, 2.75) is 37.8 Å². The molecule has 4 nitrogen and oxygen atoms in total. The van der Waals surface area contributed by atoms with Crippen LogP contribution in [0.3, 0.4) is 0 Å². The Kier molecular flexibility index (Phi) is 3.62. The lowest BCUT2D eigenvalue weighted by atomic mass is 9.79. The van der Waals surface area contributed by atoms with Crippen LogP contribution in [0, 0.1) is 11.7 Å². The van der Waals surface area contributed by atoms with Crippen molar-refractivity contribution in [1.29, 1.82) is 0 Å². The molecule has 1 N–H and O–H groups in total. The Morgan fingerprint density at radius 1 is 1.29 bits per heavy atom. The Labute approximate surface area is 138 Å². The van der Waals surface area contributed by atoms with Crippen LogP contribution in [-0.4, -0.2) is 21.9 Å². The van der Waals surface area contributed by atoms with Gasteiger partial charge in [0, 0.05) is 18.2 Å². The zero-order valence-corrected chi connectivity index (χ0v) is 13.4. The van der Waals surface area contributed by atoms with E-state index in [0.717, 1.165) is 36.1 Å². The van der Waals surface area contributed by atoms with Crippen LogP contribution < -0.4 is 5.32 Å². The number of benzene rings is 1. The molecule has 2 atom stereocenters. The summed E-state index contributed by atoms with van der Waals surface area (Å²) in [6.45, 7) is 0. The summed E-state index contributed by atoms with van der Waals surface area (Å²) in [5.41, 5.74) is 2.58. The van der Waals surface area contributed by atoms with Crippen molar-refractivity contribution in [2.75, 3.05) is 5.32 Å². The number of alkyl halides is 1. The molecule has 1 amide bonds. The largest absolute Gasteiger partial charge is 0.310 e. The molecule has 4 rings (SSSR count). The number of hydrogen-bond acceptors (Lipinski definition) is 2. The van der Waals surface area contributed by atoms with Gasteiger partial charge in [0.25, 0.3) is 0 Å². The second-order valence-corrected chi connectivity index (χ2v) is 6.72. The van der Waals surface area contributed by atoms with E-state index in [1.165, 1.54) is 12.1 Å². The van der Waals surface area contributed by atoms with Gasteiger partial charge in [-0.1, -0.05) is 6.42 Å². The second kappa shape index (κ2) is 5.69. The Bertz CT molecular complexity index is 780. The Morgan fingerprint density at radius 2 is 1.96 bits per heavy atom. The van der Waals surface area contributed by atoms with Crippen LogP contribution in [0.4, 0.5) is 14.6 Å². The monoisotopic (exact) mass is 331 g/mol. The maximum Gasteiger partial charge on any atom is 0.231 e. The molecule has 2 saturated carbocycles. The highest BCUT2D eigenvalue weighted by Crippen LogP contribution is 2.45. The number of halogens is 2. The number of nitrogens with one attached hydrogen (secondary N) is 1. The Hall–Kier alpha value is -2.24. The zero-order valence-electron chi connectivity index (χ0n) is 13.4. The van der Waals surface area contributed by atoms with Crippen LogP contribution >= 0.6 is 0 Å². The average molecular weight is 331 g/mol. The van der Waals surface area contributed by atoms with Gasteiger partial charge in [-0.05, 0) is 49.4 Å². The van der Waals surface area contributed by atoms with Crippen molar-refractivity contribution >= 4 is 11.7 Å². The number of amides is 1. The molecular formula is C18H19F2N3O. The van der Waals surface area contributed by atoms with E-state index in [-0.39, 0.29) is 11.7 Å². The summed E-state index contributed by atoms with van der Waals surface area (Å²) in [5.74, 6) is -0.145. The van der Waals surface area contributed by atoms with Gasteiger partial charge in [-0.15, -0.1) is 0 Å². The third-order valence-electron chi connectivity index (χ3n) is 5.01. The molecule has 0 saturated heterocycles. The standard InChI is InChI=1S/C18H19F2N3O/c1-23-17(21-18(24)13-9-14(13)20)15(10-3-2-4-10)16(22-23)11-5-7-12(19)8-6-11/h5-8,10,13-14H,2-4,9H2,1H3,(H,21,24)/t13-,14-/m1/s1. The highest BCUT2D eigenvalue weighted by atomic mass is 19.1. The number of aryl methyl sites for hydroxylation is 1. The van der Waals surface area contributed by atoms with Crippen molar-refractivity contribution in [2.24, 2.45) is 13.0 Å². The van der Waals surface area contributed by atoms with E-state index < -0.39 is 12.1 Å². The first kappa shape index (κ1) is 15.3. The first-order chi connectivity index (χ1) is 11.5. The third kappa shape index (κ3) is 2.60. The molecule has 1 aromatic heterocycles. The van der Waals surface area contributed by atoms with Gasteiger partial charge in [0.1, 0.15) is 17.8 Å². The smallest absolute Gasteiger partial charge is 0.231 e. The molecule has 24 heavy (non-hydrogen) atoms. The molecule has 2 fully saturated rings. The normalized spacial score (nSPS) is 23.0. The molecule has 1 aromatic carbocycles. The zero-order chi connectivity index (χ0) is 16.8. The van der Waals surface area contributed by atoms with Gasteiger partial charge in [-0.2, -0.15) is 5.10 Å². The quantitative estimate of drug-likeness (QED) is 0.926. The number of aromatic nitrogens is 2. The Balaban J connectivity index is 1.72. The van der Waals surface area contributed by atoms with E-state index >= 15 is 0 Å². The fourth-order valence-corrected chi connectivity index (χ4v) is 3.24. The molecule has 0 bridgehead atoms. The lowest BCUT2D eigenvalue weighted by Crippen LogP contribution is -2.20. The molecule has 0 aliphatic heterocycles. The van der Waals surface area contributed by atoms with E-state index in [1.54, 1.807) is 23.9 Å². The molecule has 2 aliphatic rings. The maximum absolute atomic E-state index is 13.2. The number of carbonyl (C=O) groups is 1. The number of anilines is 1. The first-order valence-electron chi connectivity index (χ1n) is 8.32. The molecule has 0 spiro atoms. The van der Waals surface area contributed by atoms with Gasteiger partial charge in [0.05, 0.1) is 11.6 Å². The van der Waals surface area contributed by atoms with E-state index in [9.17, 15) is 13.6 Å². The van der Waals surface area contributed by atoms with Gasteiger partial charge in [-0.3, -0.25) is 9.48 Å². The topological polar surface area (TPSA) is 46.9 Å². The fourth-order valence-electron chi connectivity index (χ4n) is 3.24. The highest BCUT2D eigenvalue weighted by molar-refractivity contribution is 5.95. The van der Waals surface area contributed by atoms with Crippen LogP contribution in [0.25, 0.3) is 11.3 Å². The minimum absolute atomic E-state index is 0.281. The maximum atomic E-state index is 13.2. The number of hydrogen-bond donors (Lipinski definition) is 1. The van der Waals surface area contributed by atoms with Crippen molar-refractivity contribution in [3.63, 3.8) is 0 Å². The van der Waals surface area contributed by atoms with Crippen molar-refractivity contribution in [3.8, 4) is 11.3 Å². The van der Waals surface area contributed by atoms with Crippen LogP contribution in [0.15, 0.2) is 24.3 Å². The summed E-state index contributed by atoms with van der Waals surface area (Å²) in [5, 5.41) is 7.42. The molecule has 2 aromatic rings. The first-order valence-corrected chi connectivity index (χ1v) is 8.32.